The van der Waals surface area contributed by atoms with E-state index in [4.69, 9.17) is 0 Å². The lowest BCUT2D eigenvalue weighted by Gasteiger charge is -2.25. The van der Waals surface area contributed by atoms with Crippen LogP contribution in [0.1, 0.15) is 6.92 Å². The lowest BCUT2D eigenvalue weighted by molar-refractivity contribution is -0.115. The largest absolute Gasteiger partial charge is 0.392 e. The Bertz CT molecular complexity index is 1140. The molecule has 168 valence electrons. The molecule has 0 saturated heterocycles. The molecule has 0 bridgehead atoms. The average Bonchev–Trinajstić information content (AvgIpc) is 2.79. The average molecular weight is 454 g/mol. The molecule has 7 nitrogen and oxygen atoms in total. The fourth-order valence-electron chi connectivity index (χ4n) is 3.26. The molecule has 3 aromatic rings. The van der Waals surface area contributed by atoms with E-state index in [9.17, 15) is 18.3 Å². The van der Waals surface area contributed by atoms with Crippen LogP contribution in [0.25, 0.3) is 0 Å². The summed E-state index contributed by atoms with van der Waals surface area (Å²) in [7, 11) is -2.30. The van der Waals surface area contributed by atoms with Crippen LogP contribution in [0.2, 0.25) is 0 Å². The quantitative estimate of drug-likeness (QED) is 0.519. The van der Waals surface area contributed by atoms with Crippen LogP contribution in [0.15, 0.2) is 89.8 Å². The number of hydrogen-bond acceptors (Lipinski definition) is 5. The Balaban J connectivity index is 1.75. The lowest BCUT2D eigenvalue weighted by Crippen LogP contribution is -2.37. The predicted octanol–water partition coefficient (Wildman–Crippen LogP) is 3.34. The van der Waals surface area contributed by atoms with E-state index in [0.717, 1.165) is 5.69 Å². The van der Waals surface area contributed by atoms with Gasteiger partial charge in [0.25, 0.3) is 10.0 Å². The van der Waals surface area contributed by atoms with E-state index in [1.807, 2.05) is 36.4 Å². The molecule has 0 radical (unpaired) electrons. The van der Waals surface area contributed by atoms with Gasteiger partial charge in [0.2, 0.25) is 5.91 Å². The SMILES string of the molecule is CC(O)CN(CC(=O)Nc1cccc(S(=O)(=O)N(C)c2ccccc2)c1)c1ccccc1. The number of nitrogens with one attached hydrogen (secondary N) is 1. The molecule has 1 atom stereocenters. The Morgan fingerprint density at radius 1 is 0.938 bits per heavy atom. The van der Waals surface area contributed by atoms with Gasteiger partial charge in [-0.2, -0.15) is 0 Å². The lowest BCUT2D eigenvalue weighted by atomic mass is 10.2. The summed E-state index contributed by atoms with van der Waals surface area (Å²) in [6.07, 6.45) is -0.620. The monoisotopic (exact) mass is 453 g/mol. The van der Waals surface area contributed by atoms with Gasteiger partial charge in [-0.25, -0.2) is 8.42 Å². The molecule has 8 heteroatoms. The molecule has 2 N–H and O–H groups in total. The van der Waals surface area contributed by atoms with Crippen molar-refractivity contribution in [2.45, 2.75) is 17.9 Å². The molecule has 0 saturated carbocycles. The molecule has 0 aliphatic rings. The van der Waals surface area contributed by atoms with Gasteiger partial charge in [-0.15, -0.1) is 0 Å². The highest BCUT2D eigenvalue weighted by atomic mass is 32.2. The van der Waals surface area contributed by atoms with Crippen molar-refractivity contribution in [1.29, 1.82) is 0 Å². The number of aliphatic hydroxyl groups excluding tert-OH is 1. The summed E-state index contributed by atoms with van der Waals surface area (Å²) in [5, 5.41) is 12.6. The fourth-order valence-corrected chi connectivity index (χ4v) is 4.50. The molecular weight excluding hydrogens is 426 g/mol. The molecular formula is C24H27N3O4S. The van der Waals surface area contributed by atoms with Crippen molar-refractivity contribution in [3.8, 4) is 0 Å². The van der Waals surface area contributed by atoms with Crippen LogP contribution in [-0.4, -0.2) is 45.7 Å². The second-order valence-electron chi connectivity index (χ2n) is 7.45. The summed E-state index contributed by atoms with van der Waals surface area (Å²) in [5.74, 6) is -0.319. The Morgan fingerprint density at radius 3 is 2.12 bits per heavy atom. The standard InChI is InChI=1S/C24H27N3O4S/c1-19(28)17-27(22-13-7-4-8-14-22)18-24(29)25-20-10-9-15-23(16-20)32(30,31)26(2)21-11-5-3-6-12-21/h3-16,19,28H,17-18H2,1-2H3,(H,25,29). The maximum absolute atomic E-state index is 13.0. The van der Waals surface area contributed by atoms with Gasteiger partial charge in [0.05, 0.1) is 23.2 Å². The van der Waals surface area contributed by atoms with Crippen LogP contribution in [0.4, 0.5) is 17.1 Å². The molecule has 0 aliphatic heterocycles. The van der Waals surface area contributed by atoms with Crippen LogP contribution < -0.4 is 14.5 Å². The summed E-state index contributed by atoms with van der Waals surface area (Å²) >= 11 is 0. The third-order valence-corrected chi connectivity index (χ3v) is 6.62. The van der Waals surface area contributed by atoms with Crippen molar-refractivity contribution < 1.29 is 18.3 Å². The Kier molecular flexibility index (Phi) is 7.50. The zero-order chi connectivity index (χ0) is 23.1. The van der Waals surface area contributed by atoms with Crippen molar-refractivity contribution in [3.63, 3.8) is 0 Å². The molecule has 32 heavy (non-hydrogen) atoms. The van der Waals surface area contributed by atoms with Crippen molar-refractivity contribution in [2.24, 2.45) is 0 Å². The summed E-state index contributed by atoms with van der Waals surface area (Å²) in [6, 6.07) is 24.3. The highest BCUT2D eigenvalue weighted by Crippen LogP contribution is 2.24. The molecule has 0 fully saturated rings. The summed E-state index contributed by atoms with van der Waals surface area (Å²) in [5.41, 5.74) is 1.73. The number of aliphatic hydroxyl groups is 1. The highest BCUT2D eigenvalue weighted by Gasteiger charge is 2.22. The number of benzene rings is 3. The zero-order valence-electron chi connectivity index (χ0n) is 18.0. The van der Waals surface area contributed by atoms with Gasteiger partial charge in [0.1, 0.15) is 0 Å². The van der Waals surface area contributed by atoms with Crippen molar-refractivity contribution in [2.75, 3.05) is 34.7 Å². The van der Waals surface area contributed by atoms with Crippen LogP contribution in [0.3, 0.4) is 0 Å². The number of sulfonamides is 1. The third-order valence-electron chi connectivity index (χ3n) is 4.84. The van der Waals surface area contributed by atoms with Gasteiger partial charge in [-0.05, 0) is 49.4 Å². The van der Waals surface area contributed by atoms with Crippen molar-refractivity contribution >= 4 is 33.0 Å². The Labute approximate surface area is 189 Å². The first-order valence-electron chi connectivity index (χ1n) is 10.2. The maximum Gasteiger partial charge on any atom is 0.264 e. The maximum atomic E-state index is 13.0. The van der Waals surface area contributed by atoms with E-state index in [1.165, 1.54) is 23.5 Å². The minimum atomic E-state index is -3.79. The minimum absolute atomic E-state index is 0.00973. The van der Waals surface area contributed by atoms with Gasteiger partial charge in [-0.1, -0.05) is 42.5 Å². The highest BCUT2D eigenvalue weighted by molar-refractivity contribution is 7.92. The number of carbonyl (C=O) groups excluding carboxylic acids is 1. The van der Waals surface area contributed by atoms with E-state index in [1.54, 1.807) is 48.2 Å². The second kappa shape index (κ2) is 10.3. The number of carbonyl (C=O) groups is 1. The fraction of sp³-hybridized carbons (Fsp3) is 0.208. The number of amides is 1. The number of para-hydroxylation sites is 2. The van der Waals surface area contributed by atoms with Gasteiger partial charge < -0.3 is 15.3 Å². The van der Waals surface area contributed by atoms with Crippen molar-refractivity contribution in [3.05, 3.63) is 84.9 Å². The molecule has 3 rings (SSSR count). The van der Waals surface area contributed by atoms with Gasteiger partial charge in [0.15, 0.2) is 0 Å². The third kappa shape index (κ3) is 5.87. The van der Waals surface area contributed by atoms with E-state index < -0.39 is 16.1 Å². The molecule has 0 spiro atoms. The first-order valence-corrected chi connectivity index (χ1v) is 11.6. The van der Waals surface area contributed by atoms with E-state index in [0.29, 0.717) is 11.4 Å². The number of hydrogen-bond donors (Lipinski definition) is 2. The minimum Gasteiger partial charge on any atom is -0.392 e. The summed E-state index contributed by atoms with van der Waals surface area (Å²) in [4.78, 5) is 14.5. The molecule has 1 unspecified atom stereocenters. The molecule has 3 aromatic carbocycles. The Hall–Kier alpha value is -3.36. The predicted molar refractivity (Wildman–Crippen MR) is 127 cm³/mol. The zero-order valence-corrected chi connectivity index (χ0v) is 18.9. The van der Waals surface area contributed by atoms with Gasteiger partial charge in [0, 0.05) is 25.0 Å². The van der Waals surface area contributed by atoms with E-state index in [-0.39, 0.29) is 23.9 Å². The number of anilines is 3. The van der Waals surface area contributed by atoms with Gasteiger partial charge >= 0.3 is 0 Å². The number of nitrogens with zero attached hydrogens (tertiary/aromatic N) is 2. The molecule has 0 heterocycles. The van der Waals surface area contributed by atoms with Crippen LogP contribution in [-0.2, 0) is 14.8 Å². The number of rotatable bonds is 9. The van der Waals surface area contributed by atoms with Crippen LogP contribution in [0.5, 0.6) is 0 Å². The van der Waals surface area contributed by atoms with Gasteiger partial charge in [-0.3, -0.25) is 9.10 Å². The smallest absolute Gasteiger partial charge is 0.264 e. The van der Waals surface area contributed by atoms with Crippen LogP contribution in [0, 0.1) is 0 Å². The Morgan fingerprint density at radius 2 is 1.53 bits per heavy atom. The molecule has 0 aromatic heterocycles. The summed E-state index contributed by atoms with van der Waals surface area (Å²) < 4.78 is 27.3. The summed E-state index contributed by atoms with van der Waals surface area (Å²) in [6.45, 7) is 1.95. The first-order chi connectivity index (χ1) is 15.3. The van der Waals surface area contributed by atoms with E-state index >= 15 is 0 Å². The topological polar surface area (TPSA) is 90.0 Å². The molecule has 1 amide bonds. The molecule has 0 aliphatic carbocycles. The normalized spacial score (nSPS) is 12.1. The second-order valence-corrected chi connectivity index (χ2v) is 9.42. The van der Waals surface area contributed by atoms with Crippen molar-refractivity contribution in [1.82, 2.24) is 0 Å². The first kappa shape index (κ1) is 23.3. The van der Waals surface area contributed by atoms with E-state index in [2.05, 4.69) is 5.32 Å². The van der Waals surface area contributed by atoms with Crippen LogP contribution >= 0.6 is 0 Å².